The Morgan fingerprint density at radius 2 is 1.64 bits per heavy atom. The zero-order valence-corrected chi connectivity index (χ0v) is 23.1. The van der Waals surface area contributed by atoms with E-state index in [-0.39, 0.29) is 23.9 Å². The molecule has 2 aliphatic rings. The number of rotatable bonds is 8. The van der Waals surface area contributed by atoms with E-state index in [2.05, 4.69) is 5.32 Å². The number of ether oxygens (including phenoxy) is 2. The van der Waals surface area contributed by atoms with E-state index in [9.17, 15) is 19.2 Å². The van der Waals surface area contributed by atoms with E-state index in [1.807, 2.05) is 20.8 Å². The molecule has 12 nitrogen and oxygen atoms in total. The molecule has 4 amide bonds. The summed E-state index contributed by atoms with van der Waals surface area (Å²) in [5.41, 5.74) is -0.704. The van der Waals surface area contributed by atoms with Crippen molar-refractivity contribution >= 4 is 36.3 Å². The van der Waals surface area contributed by atoms with E-state index in [1.54, 1.807) is 27.8 Å². The van der Waals surface area contributed by atoms with Crippen molar-refractivity contribution in [3.05, 3.63) is 0 Å². The van der Waals surface area contributed by atoms with Crippen LogP contribution in [0.3, 0.4) is 0 Å². The Labute approximate surface area is 217 Å². The summed E-state index contributed by atoms with van der Waals surface area (Å²) in [4.78, 5) is 52.3. The van der Waals surface area contributed by atoms with Gasteiger partial charge in [-0.2, -0.15) is 9.35 Å². The number of hydrogen-bond donors (Lipinski definition) is 1. The standard InChI is InChI=1S/C23H40N4O8S/c1-22(2,3)14-34-36-35-27-13-10-17(25(7)20(27)30)18(28)24-16-8-11-26(12-9-16)21(31)33-15-32-19(29)23(4,5)6/h16-17H,8-15H2,1-7H3,(H,24,28)/t17-/m0/s1. The van der Waals surface area contributed by atoms with Gasteiger partial charge in [0.1, 0.15) is 6.04 Å². The van der Waals surface area contributed by atoms with Crippen LogP contribution in [0.4, 0.5) is 9.59 Å². The third-order valence-corrected chi connectivity index (χ3v) is 6.09. The van der Waals surface area contributed by atoms with Crippen LogP contribution in [-0.4, -0.2) is 91.0 Å². The van der Waals surface area contributed by atoms with E-state index in [4.69, 9.17) is 17.9 Å². The van der Waals surface area contributed by atoms with Gasteiger partial charge in [0, 0.05) is 26.2 Å². The Hall–Kier alpha value is -2.25. The van der Waals surface area contributed by atoms with Gasteiger partial charge in [0.05, 0.1) is 18.6 Å². The lowest BCUT2D eigenvalue weighted by atomic mass is 9.98. The average molecular weight is 533 g/mol. The Kier molecular flexibility index (Phi) is 10.7. The topological polar surface area (TPSA) is 127 Å². The molecular formula is C23H40N4O8S. The number of likely N-dealkylation sites (N-methyl/N-ethyl adjacent to an activating group) is 1. The van der Waals surface area contributed by atoms with E-state index < -0.39 is 36.3 Å². The number of hydrogen-bond acceptors (Lipinski definition) is 9. The van der Waals surface area contributed by atoms with Gasteiger partial charge in [-0.25, -0.2) is 9.59 Å². The van der Waals surface area contributed by atoms with Gasteiger partial charge in [-0.05, 0) is 45.4 Å². The lowest BCUT2D eigenvalue weighted by Crippen LogP contribution is -2.58. The summed E-state index contributed by atoms with van der Waals surface area (Å²) in [6.45, 7) is 12.3. The van der Waals surface area contributed by atoms with E-state index in [0.29, 0.717) is 39.0 Å². The number of esters is 1. The van der Waals surface area contributed by atoms with Gasteiger partial charge >= 0.3 is 18.1 Å². The Balaban J connectivity index is 1.70. The molecule has 36 heavy (non-hydrogen) atoms. The Morgan fingerprint density at radius 3 is 2.22 bits per heavy atom. The number of carbonyl (C=O) groups excluding carboxylic acids is 4. The molecule has 0 saturated carbocycles. The van der Waals surface area contributed by atoms with Crippen molar-refractivity contribution in [3.63, 3.8) is 0 Å². The molecule has 0 aromatic carbocycles. The Bertz CT molecular complexity index is 790. The zero-order valence-electron chi connectivity index (χ0n) is 22.3. The maximum absolute atomic E-state index is 12.9. The number of amides is 4. The van der Waals surface area contributed by atoms with Gasteiger partial charge in [-0.1, -0.05) is 20.8 Å². The number of nitrogens with one attached hydrogen (secondary N) is 1. The molecule has 206 valence electrons. The molecule has 0 unspecified atom stereocenters. The first-order valence-electron chi connectivity index (χ1n) is 12.1. The Morgan fingerprint density at radius 1 is 1.00 bits per heavy atom. The fraction of sp³-hybridized carbons (Fsp3) is 0.826. The maximum atomic E-state index is 12.9. The first kappa shape index (κ1) is 30.0. The van der Waals surface area contributed by atoms with Gasteiger partial charge in [-0.15, -0.1) is 0 Å². The molecule has 2 saturated heterocycles. The van der Waals surface area contributed by atoms with Gasteiger partial charge in [0.15, 0.2) is 12.3 Å². The molecule has 2 fully saturated rings. The van der Waals surface area contributed by atoms with Crippen LogP contribution in [0.15, 0.2) is 0 Å². The van der Waals surface area contributed by atoms with Crippen molar-refractivity contribution in [2.45, 2.75) is 72.9 Å². The summed E-state index contributed by atoms with van der Waals surface area (Å²) in [7, 11) is 1.56. The molecule has 0 spiro atoms. The monoisotopic (exact) mass is 532 g/mol. The molecule has 1 N–H and O–H groups in total. The zero-order chi connectivity index (χ0) is 27.1. The van der Waals surface area contributed by atoms with Gasteiger partial charge in [0.2, 0.25) is 12.7 Å². The average Bonchev–Trinajstić information content (AvgIpc) is 2.78. The minimum Gasteiger partial charge on any atom is -0.427 e. The number of piperidine rings is 1. The van der Waals surface area contributed by atoms with E-state index >= 15 is 0 Å². The number of carbonyl (C=O) groups is 4. The summed E-state index contributed by atoms with van der Waals surface area (Å²) in [6, 6.07) is -1.16. The fourth-order valence-corrected chi connectivity index (χ4v) is 4.07. The van der Waals surface area contributed by atoms with Crippen LogP contribution >= 0.6 is 12.3 Å². The molecule has 0 aliphatic carbocycles. The minimum absolute atomic E-state index is 0.0281. The highest BCUT2D eigenvalue weighted by Crippen LogP contribution is 2.22. The van der Waals surface area contributed by atoms with Crippen molar-refractivity contribution < 1.29 is 37.1 Å². The van der Waals surface area contributed by atoms with Crippen LogP contribution in [0, 0.1) is 10.8 Å². The number of nitrogens with zero attached hydrogens (tertiary/aromatic N) is 3. The summed E-state index contributed by atoms with van der Waals surface area (Å²) in [6.07, 6.45) is 0.934. The van der Waals surface area contributed by atoms with Crippen molar-refractivity contribution in [2.24, 2.45) is 10.8 Å². The highest BCUT2D eigenvalue weighted by atomic mass is 32.2. The second kappa shape index (κ2) is 12.8. The highest BCUT2D eigenvalue weighted by molar-refractivity contribution is 7.89. The second-order valence-electron chi connectivity index (χ2n) is 11.2. The predicted molar refractivity (Wildman–Crippen MR) is 132 cm³/mol. The third kappa shape index (κ3) is 9.32. The maximum Gasteiger partial charge on any atom is 0.412 e. The van der Waals surface area contributed by atoms with Crippen molar-refractivity contribution in [2.75, 3.05) is 40.1 Å². The molecule has 0 radical (unpaired) electrons. The number of likely N-dealkylation sites (tertiary alicyclic amines) is 1. The number of urea groups is 1. The molecule has 2 aliphatic heterocycles. The van der Waals surface area contributed by atoms with Gasteiger partial charge in [-0.3, -0.25) is 13.8 Å². The van der Waals surface area contributed by atoms with Crippen LogP contribution in [0.2, 0.25) is 0 Å². The highest BCUT2D eigenvalue weighted by Gasteiger charge is 2.37. The summed E-state index contributed by atoms with van der Waals surface area (Å²) >= 11 is 0.751. The third-order valence-electron chi connectivity index (χ3n) is 5.64. The largest absolute Gasteiger partial charge is 0.427 e. The van der Waals surface area contributed by atoms with Gasteiger partial charge in [0.25, 0.3) is 0 Å². The molecular weight excluding hydrogens is 492 g/mol. The smallest absolute Gasteiger partial charge is 0.412 e. The number of hydroxylamine groups is 2. The predicted octanol–water partition coefficient (Wildman–Crippen LogP) is 2.93. The summed E-state index contributed by atoms with van der Waals surface area (Å²) in [5, 5.41) is 4.17. The second-order valence-corrected chi connectivity index (χ2v) is 11.8. The van der Waals surface area contributed by atoms with Crippen LogP contribution in [-0.2, 0) is 27.5 Å². The van der Waals surface area contributed by atoms with Crippen LogP contribution in [0.5, 0.6) is 0 Å². The SMILES string of the molecule is CN1C(=O)N(OSOCC(C)(C)C)CC[C@H]1C(=O)NC1CCN(C(=O)OCOC(=O)C(C)(C)C)CC1. The quantitative estimate of drug-likeness (QED) is 0.217. The first-order valence-corrected chi connectivity index (χ1v) is 12.8. The molecule has 0 bridgehead atoms. The molecule has 0 aromatic heterocycles. The normalized spacial score (nSPS) is 19.8. The van der Waals surface area contributed by atoms with Crippen molar-refractivity contribution in [3.8, 4) is 0 Å². The summed E-state index contributed by atoms with van der Waals surface area (Å²) in [5.74, 6) is -0.692. The van der Waals surface area contributed by atoms with Crippen LogP contribution in [0.1, 0.15) is 60.8 Å². The summed E-state index contributed by atoms with van der Waals surface area (Å²) < 4.78 is 20.7. The van der Waals surface area contributed by atoms with E-state index in [1.165, 1.54) is 14.9 Å². The van der Waals surface area contributed by atoms with Gasteiger partial charge < -0.3 is 24.6 Å². The van der Waals surface area contributed by atoms with Crippen molar-refractivity contribution in [1.29, 1.82) is 0 Å². The van der Waals surface area contributed by atoms with Crippen molar-refractivity contribution in [1.82, 2.24) is 20.2 Å². The van der Waals surface area contributed by atoms with Crippen LogP contribution < -0.4 is 5.32 Å². The van der Waals surface area contributed by atoms with Crippen LogP contribution in [0.25, 0.3) is 0 Å². The molecule has 13 heteroatoms. The molecule has 2 heterocycles. The van der Waals surface area contributed by atoms with E-state index in [0.717, 1.165) is 12.3 Å². The minimum atomic E-state index is -0.676. The lowest BCUT2D eigenvalue weighted by Gasteiger charge is -2.38. The lowest BCUT2D eigenvalue weighted by molar-refractivity contribution is -0.161. The first-order chi connectivity index (χ1) is 16.7. The molecule has 2 rings (SSSR count). The fourth-order valence-electron chi connectivity index (χ4n) is 3.42. The molecule has 1 atom stereocenters. The molecule has 0 aromatic rings.